The van der Waals surface area contributed by atoms with Gasteiger partial charge in [0.05, 0.1) is 0 Å². The van der Waals surface area contributed by atoms with E-state index in [0.29, 0.717) is 12.5 Å². The van der Waals surface area contributed by atoms with Gasteiger partial charge in [0.15, 0.2) is 0 Å². The number of likely N-dealkylation sites (tertiary alicyclic amines) is 1. The highest BCUT2D eigenvalue weighted by Gasteiger charge is 2.19. The Bertz CT molecular complexity index is 154. The molecule has 1 aliphatic heterocycles. The number of hydrogen-bond donors (Lipinski definition) is 1. The van der Waals surface area contributed by atoms with Crippen molar-refractivity contribution in [3.8, 4) is 0 Å². The van der Waals surface area contributed by atoms with Gasteiger partial charge in [-0.2, -0.15) is 0 Å². The highest BCUT2D eigenvalue weighted by atomic mass is 15.1. The lowest BCUT2D eigenvalue weighted by Crippen LogP contribution is -2.36. The molecular weight excluding hydrogens is 148 g/mol. The van der Waals surface area contributed by atoms with Crippen LogP contribution in [0.4, 0.5) is 0 Å². The Hall–Kier alpha value is -0.340. The van der Waals surface area contributed by atoms with Crippen LogP contribution in [0.5, 0.6) is 0 Å². The van der Waals surface area contributed by atoms with Crippen molar-refractivity contribution in [2.24, 2.45) is 11.7 Å². The lowest BCUT2D eigenvalue weighted by atomic mass is 9.91. The van der Waals surface area contributed by atoms with E-state index in [4.69, 9.17) is 5.73 Å². The molecule has 70 valence electrons. The van der Waals surface area contributed by atoms with E-state index in [1.54, 1.807) is 0 Å². The zero-order valence-electron chi connectivity index (χ0n) is 8.05. The van der Waals surface area contributed by atoms with Gasteiger partial charge in [-0.1, -0.05) is 19.1 Å². The molecule has 0 amide bonds. The summed E-state index contributed by atoms with van der Waals surface area (Å²) < 4.78 is 0. The molecule has 1 rings (SSSR count). The zero-order chi connectivity index (χ0) is 8.97. The molecule has 0 aromatic rings. The predicted octanol–water partition coefficient (Wildman–Crippen LogP) is 1.23. The van der Waals surface area contributed by atoms with E-state index in [-0.39, 0.29) is 0 Å². The van der Waals surface area contributed by atoms with Crippen LogP contribution in [0, 0.1) is 5.92 Å². The van der Waals surface area contributed by atoms with E-state index in [1.807, 2.05) is 0 Å². The van der Waals surface area contributed by atoms with Crippen molar-refractivity contribution in [2.75, 3.05) is 26.2 Å². The number of hydrogen-bond acceptors (Lipinski definition) is 2. The summed E-state index contributed by atoms with van der Waals surface area (Å²) in [5.41, 5.74) is 6.80. The smallest absolute Gasteiger partial charge is 0.0137 e. The normalized spacial score (nSPS) is 25.7. The predicted molar refractivity (Wildman–Crippen MR) is 53.0 cm³/mol. The van der Waals surface area contributed by atoms with E-state index >= 15 is 0 Å². The van der Waals surface area contributed by atoms with E-state index in [9.17, 15) is 0 Å². The van der Waals surface area contributed by atoms with Crippen molar-refractivity contribution < 1.29 is 0 Å². The van der Waals surface area contributed by atoms with E-state index in [0.717, 1.165) is 6.54 Å². The Morgan fingerprint density at radius 2 is 2.42 bits per heavy atom. The third-order valence-electron chi connectivity index (χ3n) is 2.79. The molecule has 2 heteroatoms. The summed E-state index contributed by atoms with van der Waals surface area (Å²) in [6.07, 6.45) is 2.59. The van der Waals surface area contributed by atoms with Gasteiger partial charge in [0.1, 0.15) is 0 Å². The van der Waals surface area contributed by atoms with Crippen molar-refractivity contribution in [3.63, 3.8) is 0 Å². The van der Waals surface area contributed by atoms with E-state index < -0.39 is 0 Å². The van der Waals surface area contributed by atoms with E-state index in [1.165, 1.54) is 31.5 Å². The van der Waals surface area contributed by atoms with Gasteiger partial charge in [-0.25, -0.2) is 0 Å². The first-order valence-corrected chi connectivity index (χ1v) is 4.88. The van der Waals surface area contributed by atoms with Crippen molar-refractivity contribution in [1.82, 2.24) is 4.90 Å². The molecule has 2 N–H and O–H groups in total. The second-order valence-corrected chi connectivity index (χ2v) is 3.59. The summed E-state index contributed by atoms with van der Waals surface area (Å²) in [6, 6.07) is 0. The fourth-order valence-electron chi connectivity index (χ4n) is 1.84. The molecule has 0 saturated carbocycles. The molecule has 2 nitrogen and oxygen atoms in total. The van der Waals surface area contributed by atoms with Crippen molar-refractivity contribution in [3.05, 3.63) is 12.2 Å². The van der Waals surface area contributed by atoms with Crippen molar-refractivity contribution >= 4 is 0 Å². The van der Waals surface area contributed by atoms with Crippen LogP contribution in [0.3, 0.4) is 0 Å². The fourth-order valence-corrected chi connectivity index (χ4v) is 1.84. The van der Waals surface area contributed by atoms with Gasteiger partial charge in [-0.05, 0) is 31.8 Å². The van der Waals surface area contributed by atoms with Gasteiger partial charge >= 0.3 is 0 Å². The Morgan fingerprint density at radius 1 is 1.67 bits per heavy atom. The maximum Gasteiger partial charge on any atom is 0.0137 e. The van der Waals surface area contributed by atoms with Crippen LogP contribution in [0.15, 0.2) is 12.2 Å². The Kier molecular flexibility index (Phi) is 3.76. The largest absolute Gasteiger partial charge is 0.327 e. The minimum Gasteiger partial charge on any atom is -0.327 e. The average Bonchev–Trinajstić information content (AvgIpc) is 2.17. The summed E-state index contributed by atoms with van der Waals surface area (Å²) in [5.74, 6) is 0.656. The Balaban J connectivity index is 2.40. The summed E-state index contributed by atoms with van der Waals surface area (Å²) in [6.45, 7) is 10.5. The number of piperidine rings is 1. The first-order valence-electron chi connectivity index (χ1n) is 4.88. The van der Waals surface area contributed by atoms with Gasteiger partial charge in [-0.15, -0.1) is 0 Å². The SMILES string of the molecule is C=C(CN)C1CCCN(CC)C1. The van der Waals surface area contributed by atoms with Crippen LogP contribution in [0.1, 0.15) is 19.8 Å². The summed E-state index contributed by atoms with van der Waals surface area (Å²) in [5, 5.41) is 0. The number of nitrogens with zero attached hydrogens (tertiary/aromatic N) is 1. The second-order valence-electron chi connectivity index (χ2n) is 3.59. The molecule has 0 aliphatic carbocycles. The van der Waals surface area contributed by atoms with Crippen molar-refractivity contribution in [1.29, 1.82) is 0 Å². The average molecular weight is 168 g/mol. The molecule has 1 atom stereocenters. The zero-order valence-corrected chi connectivity index (χ0v) is 8.05. The summed E-state index contributed by atoms with van der Waals surface area (Å²) in [4.78, 5) is 2.48. The van der Waals surface area contributed by atoms with Gasteiger partial charge < -0.3 is 10.6 Å². The molecule has 0 spiro atoms. The van der Waals surface area contributed by atoms with E-state index in [2.05, 4.69) is 18.4 Å². The number of rotatable bonds is 3. The fraction of sp³-hybridized carbons (Fsp3) is 0.800. The van der Waals surface area contributed by atoms with Crippen LogP contribution in [-0.2, 0) is 0 Å². The van der Waals surface area contributed by atoms with Crippen molar-refractivity contribution in [2.45, 2.75) is 19.8 Å². The molecule has 0 bridgehead atoms. The lowest BCUT2D eigenvalue weighted by molar-refractivity contribution is 0.200. The quantitative estimate of drug-likeness (QED) is 0.642. The van der Waals surface area contributed by atoms with Gasteiger partial charge in [0, 0.05) is 13.1 Å². The molecule has 1 unspecified atom stereocenters. The second kappa shape index (κ2) is 4.63. The summed E-state index contributed by atoms with van der Waals surface area (Å²) in [7, 11) is 0. The van der Waals surface area contributed by atoms with Gasteiger partial charge in [0.2, 0.25) is 0 Å². The van der Waals surface area contributed by atoms with Crippen LogP contribution in [0.25, 0.3) is 0 Å². The third kappa shape index (κ3) is 2.32. The topological polar surface area (TPSA) is 29.3 Å². The Labute approximate surface area is 75.4 Å². The maximum atomic E-state index is 5.57. The molecule has 0 aromatic carbocycles. The molecular formula is C10H20N2. The molecule has 12 heavy (non-hydrogen) atoms. The molecule has 1 heterocycles. The Morgan fingerprint density at radius 3 is 3.00 bits per heavy atom. The van der Waals surface area contributed by atoms with Crippen LogP contribution in [-0.4, -0.2) is 31.1 Å². The van der Waals surface area contributed by atoms with Crippen LogP contribution in [0.2, 0.25) is 0 Å². The summed E-state index contributed by atoms with van der Waals surface area (Å²) >= 11 is 0. The molecule has 1 fully saturated rings. The molecule has 1 aliphatic rings. The standard InChI is InChI=1S/C10H20N2/c1-3-12-6-4-5-10(8-12)9(2)7-11/h10H,2-8,11H2,1H3. The first-order chi connectivity index (χ1) is 5.77. The highest BCUT2D eigenvalue weighted by Crippen LogP contribution is 2.21. The van der Waals surface area contributed by atoms with Crippen LogP contribution >= 0.6 is 0 Å². The molecule has 0 radical (unpaired) electrons. The number of nitrogens with two attached hydrogens (primary N) is 1. The highest BCUT2D eigenvalue weighted by molar-refractivity contribution is 5.04. The minimum atomic E-state index is 0.655. The first kappa shape index (κ1) is 9.75. The third-order valence-corrected chi connectivity index (χ3v) is 2.79. The lowest BCUT2D eigenvalue weighted by Gasteiger charge is -2.32. The monoisotopic (exact) mass is 168 g/mol. The van der Waals surface area contributed by atoms with Gasteiger partial charge in [0.25, 0.3) is 0 Å². The van der Waals surface area contributed by atoms with Crippen LogP contribution < -0.4 is 5.73 Å². The molecule has 0 aromatic heterocycles. The maximum absolute atomic E-state index is 5.57. The van der Waals surface area contributed by atoms with Gasteiger partial charge in [-0.3, -0.25) is 0 Å². The molecule has 1 saturated heterocycles. The minimum absolute atomic E-state index is 0.655.